The maximum absolute atomic E-state index is 11.8. The summed E-state index contributed by atoms with van der Waals surface area (Å²) in [5, 5.41) is 1.85. The van der Waals surface area contributed by atoms with Gasteiger partial charge in [0, 0.05) is 6.54 Å². The summed E-state index contributed by atoms with van der Waals surface area (Å²) in [5.41, 5.74) is -0.503. The lowest BCUT2D eigenvalue weighted by molar-refractivity contribution is -0.203. The molecule has 0 aromatic rings. The lowest BCUT2D eigenvalue weighted by Crippen LogP contribution is -2.38. The number of carbonyl (C=O) groups is 2. The molecule has 2 fully saturated rings. The van der Waals surface area contributed by atoms with Gasteiger partial charge in [-0.1, -0.05) is 0 Å². The molecule has 7 nitrogen and oxygen atoms in total. The van der Waals surface area contributed by atoms with Crippen molar-refractivity contribution in [2.75, 3.05) is 26.9 Å². The topological polar surface area (TPSA) is 74.3 Å². The minimum atomic E-state index is -0.503. The molecule has 0 radical (unpaired) electrons. The Balaban J connectivity index is 1.67. The van der Waals surface area contributed by atoms with Gasteiger partial charge in [0.2, 0.25) is 0 Å². The number of methoxy groups -OCH3 is 1. The summed E-state index contributed by atoms with van der Waals surface area (Å²) >= 11 is 0. The van der Waals surface area contributed by atoms with Crippen LogP contribution in [0, 0.1) is 5.92 Å². The van der Waals surface area contributed by atoms with E-state index in [0.29, 0.717) is 6.61 Å². The van der Waals surface area contributed by atoms with Crippen LogP contribution in [-0.2, 0) is 28.6 Å². The summed E-state index contributed by atoms with van der Waals surface area (Å²) in [4.78, 5) is 29.0. The van der Waals surface area contributed by atoms with E-state index in [-0.39, 0.29) is 36.6 Å². The van der Waals surface area contributed by atoms with Crippen LogP contribution < -0.4 is 0 Å². The number of ether oxygens (including phenoxy) is 3. The number of hydroxylamine groups is 2. The van der Waals surface area contributed by atoms with Crippen LogP contribution >= 0.6 is 0 Å². The van der Waals surface area contributed by atoms with Crippen LogP contribution in [0.25, 0.3) is 0 Å². The Hall–Kier alpha value is -1.18. The zero-order chi connectivity index (χ0) is 19.2. The van der Waals surface area contributed by atoms with Gasteiger partial charge in [-0.3, -0.25) is 9.63 Å². The summed E-state index contributed by atoms with van der Waals surface area (Å²) < 4.78 is 16.1. The van der Waals surface area contributed by atoms with Crippen LogP contribution in [-0.4, -0.2) is 61.6 Å². The lowest BCUT2D eigenvalue weighted by Gasteiger charge is -2.30. The van der Waals surface area contributed by atoms with E-state index < -0.39 is 5.60 Å². The molecule has 1 heterocycles. The Labute approximate surface area is 156 Å². The Bertz CT molecular complexity index is 467. The highest BCUT2D eigenvalue weighted by molar-refractivity contribution is 5.72. The monoisotopic (exact) mass is 371 g/mol. The zero-order valence-electron chi connectivity index (χ0n) is 16.5. The quantitative estimate of drug-likeness (QED) is 0.637. The lowest BCUT2D eigenvalue weighted by atomic mass is 9.87. The molecular formula is C19H33NO6. The van der Waals surface area contributed by atoms with Crippen LogP contribution in [0.3, 0.4) is 0 Å². The predicted molar refractivity (Wildman–Crippen MR) is 95.2 cm³/mol. The molecule has 0 N–H and O–H groups in total. The maximum Gasteiger partial charge on any atom is 0.334 e. The number of carbonyl (C=O) groups excluding carboxylic acids is 2. The molecule has 0 aromatic heterocycles. The van der Waals surface area contributed by atoms with Crippen LogP contribution in [0.15, 0.2) is 0 Å². The molecule has 1 aliphatic carbocycles. The molecule has 26 heavy (non-hydrogen) atoms. The second-order valence-corrected chi connectivity index (χ2v) is 8.13. The van der Waals surface area contributed by atoms with Crippen LogP contribution in [0.4, 0.5) is 0 Å². The average molecular weight is 371 g/mol. The highest BCUT2D eigenvalue weighted by Gasteiger charge is 2.31. The third-order valence-corrected chi connectivity index (χ3v) is 4.82. The molecule has 2 rings (SSSR count). The van der Waals surface area contributed by atoms with Gasteiger partial charge in [-0.15, -0.1) is 0 Å². The Morgan fingerprint density at radius 2 is 1.77 bits per heavy atom. The number of nitrogens with zero attached hydrogens (tertiary/aromatic N) is 1. The number of hydrogen-bond donors (Lipinski definition) is 0. The van der Waals surface area contributed by atoms with E-state index in [4.69, 9.17) is 19.0 Å². The van der Waals surface area contributed by atoms with Crippen molar-refractivity contribution in [3.63, 3.8) is 0 Å². The molecule has 1 atom stereocenters. The van der Waals surface area contributed by atoms with Gasteiger partial charge < -0.3 is 14.2 Å². The smallest absolute Gasteiger partial charge is 0.334 e. The second kappa shape index (κ2) is 9.67. The normalized spacial score (nSPS) is 27.3. The number of esters is 2. The van der Waals surface area contributed by atoms with Gasteiger partial charge in [0.1, 0.15) is 5.60 Å². The van der Waals surface area contributed by atoms with Gasteiger partial charge in [0.25, 0.3) is 0 Å². The van der Waals surface area contributed by atoms with Crippen LogP contribution in [0.2, 0.25) is 0 Å². The summed E-state index contributed by atoms with van der Waals surface area (Å²) in [7, 11) is 1.44. The Morgan fingerprint density at radius 1 is 1.08 bits per heavy atom. The third kappa shape index (κ3) is 6.85. The van der Waals surface area contributed by atoms with Crippen molar-refractivity contribution in [1.29, 1.82) is 0 Å². The molecule has 0 spiro atoms. The van der Waals surface area contributed by atoms with E-state index in [2.05, 4.69) is 0 Å². The van der Waals surface area contributed by atoms with Gasteiger partial charge in [-0.2, -0.15) is 5.06 Å². The van der Waals surface area contributed by atoms with Crippen molar-refractivity contribution < 1.29 is 28.6 Å². The molecule has 1 saturated heterocycles. The van der Waals surface area contributed by atoms with E-state index in [0.717, 1.165) is 45.1 Å². The van der Waals surface area contributed by atoms with E-state index in [1.807, 2.05) is 25.8 Å². The van der Waals surface area contributed by atoms with Crippen molar-refractivity contribution in [2.45, 2.75) is 77.0 Å². The number of rotatable bonds is 7. The molecule has 7 heteroatoms. The fourth-order valence-corrected chi connectivity index (χ4v) is 3.53. The molecule has 1 saturated carbocycles. The first-order valence-electron chi connectivity index (χ1n) is 9.59. The fourth-order valence-electron chi connectivity index (χ4n) is 3.53. The summed E-state index contributed by atoms with van der Waals surface area (Å²) in [6.45, 7) is 6.83. The van der Waals surface area contributed by atoms with Crippen molar-refractivity contribution in [1.82, 2.24) is 5.06 Å². The minimum absolute atomic E-state index is 0.0139. The van der Waals surface area contributed by atoms with Gasteiger partial charge in [0.05, 0.1) is 31.8 Å². The summed E-state index contributed by atoms with van der Waals surface area (Å²) in [6, 6.07) is 0.163. The second-order valence-electron chi connectivity index (χ2n) is 8.13. The predicted octanol–water partition coefficient (Wildman–Crippen LogP) is 2.47. The third-order valence-electron chi connectivity index (χ3n) is 4.82. The van der Waals surface area contributed by atoms with Crippen LogP contribution in [0.5, 0.6) is 0 Å². The first-order chi connectivity index (χ1) is 12.3. The molecule has 1 aliphatic heterocycles. The molecule has 0 aromatic carbocycles. The van der Waals surface area contributed by atoms with E-state index in [1.54, 1.807) is 0 Å². The van der Waals surface area contributed by atoms with Crippen molar-refractivity contribution in [3.05, 3.63) is 0 Å². The first kappa shape index (κ1) is 21.1. The van der Waals surface area contributed by atoms with Gasteiger partial charge >= 0.3 is 11.9 Å². The SMILES string of the molecule is COC(=O)C1CCC(OC[C@@H]2CCCN2OCC(=O)OC(C)(C)C)CC1. The average Bonchev–Trinajstić information content (AvgIpc) is 3.04. The van der Waals surface area contributed by atoms with Gasteiger partial charge in [-0.05, 0) is 59.3 Å². The molecule has 0 unspecified atom stereocenters. The fraction of sp³-hybridized carbons (Fsp3) is 0.895. The van der Waals surface area contributed by atoms with Crippen molar-refractivity contribution in [2.24, 2.45) is 5.92 Å². The molecule has 0 amide bonds. The molecule has 0 bridgehead atoms. The van der Waals surface area contributed by atoms with Gasteiger partial charge in [0.15, 0.2) is 6.61 Å². The minimum Gasteiger partial charge on any atom is -0.469 e. The van der Waals surface area contributed by atoms with Crippen molar-refractivity contribution in [3.8, 4) is 0 Å². The maximum atomic E-state index is 11.8. The van der Waals surface area contributed by atoms with Crippen molar-refractivity contribution >= 4 is 11.9 Å². The zero-order valence-corrected chi connectivity index (χ0v) is 16.5. The number of hydrogen-bond acceptors (Lipinski definition) is 7. The molecular weight excluding hydrogens is 338 g/mol. The molecule has 150 valence electrons. The standard InChI is InChI=1S/C19H33NO6/c1-19(2,3)26-17(21)13-25-20-11-5-6-15(20)12-24-16-9-7-14(8-10-16)18(22)23-4/h14-16H,5-13H2,1-4H3/t14?,15-,16?/m0/s1. The summed E-state index contributed by atoms with van der Waals surface area (Å²) in [5.74, 6) is -0.453. The van der Waals surface area contributed by atoms with E-state index in [1.165, 1.54) is 7.11 Å². The summed E-state index contributed by atoms with van der Waals surface area (Å²) in [6.07, 6.45) is 5.60. The Kier molecular flexibility index (Phi) is 7.85. The highest BCUT2D eigenvalue weighted by Crippen LogP contribution is 2.28. The van der Waals surface area contributed by atoms with E-state index >= 15 is 0 Å². The Morgan fingerprint density at radius 3 is 2.38 bits per heavy atom. The van der Waals surface area contributed by atoms with Crippen LogP contribution in [0.1, 0.15) is 59.3 Å². The largest absolute Gasteiger partial charge is 0.469 e. The highest BCUT2D eigenvalue weighted by atomic mass is 16.7. The first-order valence-corrected chi connectivity index (χ1v) is 9.59. The van der Waals surface area contributed by atoms with Gasteiger partial charge in [-0.25, -0.2) is 4.79 Å². The molecule has 2 aliphatic rings. The van der Waals surface area contributed by atoms with E-state index in [9.17, 15) is 9.59 Å².